The molecule has 2 saturated heterocycles. The van der Waals surface area contributed by atoms with Crippen LogP contribution in [0.15, 0.2) is 18.5 Å². The van der Waals surface area contributed by atoms with Gasteiger partial charge in [0.1, 0.15) is 11.0 Å². The number of pyridine rings is 2. The number of halogens is 1. The zero-order valence-electron chi connectivity index (χ0n) is 13.0. The smallest absolute Gasteiger partial charge is 0.138 e. The maximum absolute atomic E-state index is 6.15. The highest BCUT2D eigenvalue weighted by Crippen LogP contribution is 2.37. The molecule has 22 heavy (non-hydrogen) atoms. The lowest BCUT2D eigenvalue weighted by Gasteiger charge is -2.41. The molecule has 4 nitrogen and oxygen atoms in total. The Kier molecular flexibility index (Phi) is 3.27. The number of nitrogens with zero attached hydrogens (tertiary/aromatic N) is 3. The SMILES string of the molecule is CC1CCN1c1ncc(CC2(C)COC2)c2cc(Cl)ncc12. The van der Waals surface area contributed by atoms with E-state index in [0.29, 0.717) is 11.2 Å². The number of ether oxygens (including phenoxy) is 1. The van der Waals surface area contributed by atoms with E-state index in [1.807, 2.05) is 18.5 Å². The zero-order chi connectivity index (χ0) is 15.3. The van der Waals surface area contributed by atoms with Gasteiger partial charge in [-0.05, 0) is 36.8 Å². The Morgan fingerprint density at radius 1 is 1.32 bits per heavy atom. The fourth-order valence-electron chi connectivity index (χ4n) is 3.37. The summed E-state index contributed by atoms with van der Waals surface area (Å²) < 4.78 is 5.38. The molecule has 1 unspecified atom stereocenters. The highest BCUT2D eigenvalue weighted by Gasteiger charge is 2.34. The summed E-state index contributed by atoms with van der Waals surface area (Å²) in [6.07, 6.45) is 6.07. The molecule has 2 aliphatic rings. The first kappa shape index (κ1) is 14.2. The van der Waals surface area contributed by atoms with Gasteiger partial charge in [0.25, 0.3) is 0 Å². The van der Waals surface area contributed by atoms with Gasteiger partial charge in [-0.3, -0.25) is 0 Å². The minimum Gasteiger partial charge on any atom is -0.380 e. The van der Waals surface area contributed by atoms with Crippen molar-refractivity contribution in [3.8, 4) is 0 Å². The summed E-state index contributed by atoms with van der Waals surface area (Å²) in [7, 11) is 0. The van der Waals surface area contributed by atoms with Gasteiger partial charge < -0.3 is 9.64 Å². The van der Waals surface area contributed by atoms with Crippen molar-refractivity contribution in [2.24, 2.45) is 5.41 Å². The molecule has 4 rings (SSSR count). The van der Waals surface area contributed by atoms with Crippen molar-refractivity contribution in [3.05, 3.63) is 29.2 Å². The molecule has 0 aromatic carbocycles. The predicted molar refractivity (Wildman–Crippen MR) is 88.6 cm³/mol. The Balaban J connectivity index is 1.81. The first-order valence-electron chi connectivity index (χ1n) is 7.83. The molecule has 2 aliphatic heterocycles. The molecular weight excluding hydrogens is 298 g/mol. The van der Waals surface area contributed by atoms with Crippen LogP contribution in [0.1, 0.15) is 25.8 Å². The molecule has 1 atom stereocenters. The molecule has 116 valence electrons. The van der Waals surface area contributed by atoms with Crippen molar-refractivity contribution in [2.45, 2.75) is 32.7 Å². The third-order valence-electron chi connectivity index (χ3n) is 4.91. The summed E-state index contributed by atoms with van der Waals surface area (Å²) in [6, 6.07) is 2.53. The lowest BCUT2D eigenvalue weighted by Crippen LogP contribution is -2.46. The average Bonchev–Trinajstić information content (AvgIpc) is 2.46. The van der Waals surface area contributed by atoms with E-state index in [4.69, 9.17) is 21.3 Å². The van der Waals surface area contributed by atoms with Crippen LogP contribution in [0.4, 0.5) is 5.82 Å². The maximum Gasteiger partial charge on any atom is 0.138 e. The van der Waals surface area contributed by atoms with Crippen LogP contribution in [0.25, 0.3) is 10.8 Å². The monoisotopic (exact) mass is 317 g/mol. The second-order valence-corrected chi connectivity index (χ2v) is 7.36. The molecule has 2 aromatic heterocycles. The van der Waals surface area contributed by atoms with Crippen LogP contribution in [-0.4, -0.2) is 35.8 Å². The molecule has 0 spiro atoms. The van der Waals surface area contributed by atoms with Gasteiger partial charge in [-0.15, -0.1) is 0 Å². The molecular formula is C17H20ClN3O. The number of fused-ring (bicyclic) bond motifs is 1. The van der Waals surface area contributed by atoms with Gasteiger partial charge in [0.2, 0.25) is 0 Å². The van der Waals surface area contributed by atoms with Crippen LogP contribution in [0.3, 0.4) is 0 Å². The van der Waals surface area contributed by atoms with Gasteiger partial charge in [-0.25, -0.2) is 9.97 Å². The van der Waals surface area contributed by atoms with E-state index in [0.717, 1.165) is 37.4 Å². The maximum atomic E-state index is 6.15. The minimum atomic E-state index is 0.218. The third kappa shape index (κ3) is 2.25. The van der Waals surface area contributed by atoms with E-state index in [9.17, 15) is 0 Å². The van der Waals surface area contributed by atoms with Crippen LogP contribution >= 0.6 is 11.6 Å². The molecule has 0 amide bonds. The molecule has 0 N–H and O–H groups in total. The summed E-state index contributed by atoms with van der Waals surface area (Å²) in [5.74, 6) is 1.04. The Hall–Kier alpha value is -1.39. The van der Waals surface area contributed by atoms with E-state index in [1.165, 1.54) is 17.4 Å². The molecule has 2 aromatic rings. The number of anilines is 1. The fourth-order valence-corrected chi connectivity index (χ4v) is 3.52. The van der Waals surface area contributed by atoms with Crippen LogP contribution in [0, 0.1) is 5.41 Å². The summed E-state index contributed by atoms with van der Waals surface area (Å²) >= 11 is 6.15. The molecule has 0 aliphatic carbocycles. The topological polar surface area (TPSA) is 38.2 Å². The first-order valence-corrected chi connectivity index (χ1v) is 8.21. The Labute approximate surface area is 135 Å². The van der Waals surface area contributed by atoms with E-state index in [2.05, 4.69) is 23.7 Å². The number of rotatable bonds is 3. The minimum absolute atomic E-state index is 0.218. The van der Waals surface area contributed by atoms with Crippen molar-refractivity contribution < 1.29 is 4.74 Å². The molecule has 0 bridgehead atoms. The number of hydrogen-bond donors (Lipinski definition) is 0. The summed E-state index contributed by atoms with van der Waals surface area (Å²) in [6.45, 7) is 7.20. The molecule has 0 radical (unpaired) electrons. The largest absolute Gasteiger partial charge is 0.380 e. The number of aromatic nitrogens is 2. The predicted octanol–water partition coefficient (Wildman–Crippen LogP) is 3.46. The average molecular weight is 318 g/mol. The Morgan fingerprint density at radius 3 is 2.73 bits per heavy atom. The summed E-state index contributed by atoms with van der Waals surface area (Å²) in [5, 5.41) is 2.83. The Morgan fingerprint density at radius 2 is 2.14 bits per heavy atom. The van der Waals surface area contributed by atoms with E-state index >= 15 is 0 Å². The summed E-state index contributed by atoms with van der Waals surface area (Å²) in [5.41, 5.74) is 1.46. The van der Waals surface area contributed by atoms with Crippen molar-refractivity contribution in [1.29, 1.82) is 0 Å². The molecule has 4 heterocycles. The molecule has 5 heteroatoms. The highest BCUT2D eigenvalue weighted by molar-refractivity contribution is 6.30. The van der Waals surface area contributed by atoms with Gasteiger partial charge in [0.05, 0.1) is 13.2 Å². The van der Waals surface area contributed by atoms with Crippen LogP contribution in [0.5, 0.6) is 0 Å². The van der Waals surface area contributed by atoms with Crippen molar-refractivity contribution in [1.82, 2.24) is 9.97 Å². The van der Waals surface area contributed by atoms with Crippen LogP contribution in [-0.2, 0) is 11.2 Å². The van der Waals surface area contributed by atoms with Crippen molar-refractivity contribution in [2.75, 3.05) is 24.7 Å². The lowest BCUT2D eigenvalue weighted by molar-refractivity contribution is -0.100. The van der Waals surface area contributed by atoms with E-state index in [-0.39, 0.29) is 5.41 Å². The second kappa shape index (κ2) is 5.07. The number of hydrogen-bond acceptors (Lipinski definition) is 4. The van der Waals surface area contributed by atoms with Crippen LogP contribution < -0.4 is 4.90 Å². The van der Waals surface area contributed by atoms with Crippen molar-refractivity contribution in [3.63, 3.8) is 0 Å². The highest BCUT2D eigenvalue weighted by atomic mass is 35.5. The fraction of sp³-hybridized carbons (Fsp3) is 0.529. The van der Waals surface area contributed by atoms with E-state index < -0.39 is 0 Å². The Bertz CT molecular complexity index is 729. The standard InChI is InChI=1S/C17H20ClN3O/c1-11-3-4-21(11)16-14-8-19-15(18)5-13(14)12(7-20-16)6-17(2)9-22-10-17/h5,7-8,11H,3-4,6,9-10H2,1-2H3. The van der Waals surface area contributed by atoms with E-state index in [1.54, 1.807) is 0 Å². The quantitative estimate of drug-likeness (QED) is 0.813. The normalized spacial score (nSPS) is 23.2. The van der Waals surface area contributed by atoms with Crippen molar-refractivity contribution >= 4 is 28.2 Å². The molecule has 2 fully saturated rings. The lowest BCUT2D eigenvalue weighted by atomic mass is 9.81. The first-order chi connectivity index (χ1) is 10.6. The summed E-state index contributed by atoms with van der Waals surface area (Å²) in [4.78, 5) is 11.4. The van der Waals surface area contributed by atoms with Gasteiger partial charge >= 0.3 is 0 Å². The zero-order valence-corrected chi connectivity index (χ0v) is 13.7. The van der Waals surface area contributed by atoms with Gasteiger partial charge in [-0.2, -0.15) is 0 Å². The van der Waals surface area contributed by atoms with Gasteiger partial charge in [0, 0.05) is 35.8 Å². The molecule has 0 saturated carbocycles. The van der Waals surface area contributed by atoms with Crippen LogP contribution in [0.2, 0.25) is 5.15 Å². The van der Waals surface area contributed by atoms with Gasteiger partial charge in [-0.1, -0.05) is 18.5 Å². The second-order valence-electron chi connectivity index (χ2n) is 6.97. The van der Waals surface area contributed by atoms with Gasteiger partial charge in [0.15, 0.2) is 0 Å². The third-order valence-corrected chi connectivity index (χ3v) is 5.12.